The minimum Gasteiger partial charge on any atom is -0.396 e. The zero-order valence-corrected chi connectivity index (χ0v) is 13.0. The molecule has 1 aromatic carbocycles. The van der Waals surface area contributed by atoms with Crippen LogP contribution in [0.5, 0.6) is 0 Å². The Morgan fingerprint density at radius 3 is 2.55 bits per heavy atom. The average Bonchev–Trinajstić information content (AvgIpc) is 3.29. The zero-order valence-electron chi connectivity index (χ0n) is 12.2. The van der Waals surface area contributed by atoms with Gasteiger partial charge in [-0.1, -0.05) is 12.1 Å². The van der Waals surface area contributed by atoms with E-state index >= 15 is 0 Å². The minimum absolute atomic E-state index is 0.0365. The number of aliphatic hydroxyl groups excluding tert-OH is 1. The van der Waals surface area contributed by atoms with Crippen molar-refractivity contribution in [1.82, 2.24) is 10.0 Å². The van der Waals surface area contributed by atoms with E-state index in [9.17, 15) is 13.2 Å². The Labute approximate surface area is 130 Å². The molecule has 1 fully saturated rings. The van der Waals surface area contributed by atoms with Crippen LogP contribution in [0, 0.1) is 0 Å². The van der Waals surface area contributed by atoms with E-state index < -0.39 is 10.0 Å². The summed E-state index contributed by atoms with van der Waals surface area (Å²) in [5, 5.41) is 11.2. The maximum atomic E-state index is 12.0. The summed E-state index contributed by atoms with van der Waals surface area (Å²) in [7, 11) is -3.44. The predicted molar refractivity (Wildman–Crippen MR) is 83.5 cm³/mol. The SMILES string of the molecule is O=C(/C=C/c1ccc(S(=O)(=O)NC2CC2)cc1)NCCCO. The number of benzene rings is 1. The number of hydrogen-bond donors (Lipinski definition) is 3. The number of nitrogens with one attached hydrogen (secondary N) is 2. The van der Waals surface area contributed by atoms with Gasteiger partial charge in [0.15, 0.2) is 0 Å². The van der Waals surface area contributed by atoms with Crippen LogP contribution in [0.2, 0.25) is 0 Å². The van der Waals surface area contributed by atoms with E-state index in [1.165, 1.54) is 18.2 Å². The molecule has 0 atom stereocenters. The second-order valence-corrected chi connectivity index (χ2v) is 6.88. The maximum Gasteiger partial charge on any atom is 0.244 e. The fourth-order valence-electron chi connectivity index (χ4n) is 1.77. The highest BCUT2D eigenvalue weighted by Gasteiger charge is 2.27. The van der Waals surface area contributed by atoms with E-state index in [1.54, 1.807) is 18.2 Å². The molecule has 2 rings (SSSR count). The van der Waals surface area contributed by atoms with Gasteiger partial charge in [0.1, 0.15) is 0 Å². The number of amides is 1. The van der Waals surface area contributed by atoms with Crippen molar-refractivity contribution in [3.05, 3.63) is 35.9 Å². The third-order valence-corrected chi connectivity index (χ3v) is 4.69. The van der Waals surface area contributed by atoms with Crippen molar-refractivity contribution in [2.24, 2.45) is 0 Å². The van der Waals surface area contributed by atoms with Gasteiger partial charge in [0.05, 0.1) is 4.90 Å². The van der Waals surface area contributed by atoms with Gasteiger partial charge in [-0.05, 0) is 43.0 Å². The van der Waals surface area contributed by atoms with Gasteiger partial charge in [-0.25, -0.2) is 13.1 Å². The molecule has 0 spiro atoms. The molecule has 6 nitrogen and oxygen atoms in total. The first-order valence-electron chi connectivity index (χ1n) is 7.20. The molecule has 0 heterocycles. The van der Waals surface area contributed by atoms with Gasteiger partial charge in [-0.15, -0.1) is 0 Å². The van der Waals surface area contributed by atoms with Gasteiger partial charge in [0, 0.05) is 25.3 Å². The van der Waals surface area contributed by atoms with Crippen LogP contribution < -0.4 is 10.0 Å². The Kier molecular flexibility index (Phi) is 5.70. The number of carbonyl (C=O) groups excluding carboxylic acids is 1. The molecular formula is C15H20N2O4S. The van der Waals surface area contributed by atoms with E-state index in [-0.39, 0.29) is 23.5 Å². The first-order chi connectivity index (χ1) is 10.5. The molecule has 0 aliphatic heterocycles. The summed E-state index contributed by atoms with van der Waals surface area (Å²) in [5.41, 5.74) is 0.739. The Hall–Kier alpha value is -1.70. The molecule has 0 aromatic heterocycles. The normalized spacial score (nSPS) is 15.1. The summed E-state index contributed by atoms with van der Waals surface area (Å²) in [5.74, 6) is -0.249. The number of hydrogen-bond acceptors (Lipinski definition) is 4. The minimum atomic E-state index is -3.44. The number of rotatable bonds is 8. The maximum absolute atomic E-state index is 12.0. The quantitative estimate of drug-likeness (QED) is 0.483. The van der Waals surface area contributed by atoms with Gasteiger partial charge in [-0.3, -0.25) is 4.79 Å². The first kappa shape index (κ1) is 16.7. The second kappa shape index (κ2) is 7.53. The number of sulfonamides is 1. The van der Waals surface area contributed by atoms with Gasteiger partial charge in [0.2, 0.25) is 15.9 Å². The smallest absolute Gasteiger partial charge is 0.244 e. The Morgan fingerprint density at radius 1 is 1.27 bits per heavy atom. The predicted octanol–water partition coefficient (Wildman–Crippen LogP) is 0.639. The van der Waals surface area contributed by atoms with Crippen LogP contribution in [-0.4, -0.2) is 38.6 Å². The van der Waals surface area contributed by atoms with Crippen LogP contribution in [0.25, 0.3) is 6.08 Å². The lowest BCUT2D eigenvalue weighted by molar-refractivity contribution is -0.116. The highest BCUT2D eigenvalue weighted by molar-refractivity contribution is 7.89. The monoisotopic (exact) mass is 324 g/mol. The van der Waals surface area contributed by atoms with Crippen molar-refractivity contribution >= 4 is 22.0 Å². The molecule has 120 valence electrons. The third kappa shape index (κ3) is 5.25. The standard InChI is InChI=1S/C15H20N2O4S/c18-11-1-10-16-15(19)9-4-12-2-7-14(8-3-12)22(20,21)17-13-5-6-13/h2-4,7-9,13,17-18H,1,5-6,10-11H2,(H,16,19)/b9-4+. The molecule has 1 aliphatic rings. The Bertz CT molecular complexity index is 634. The van der Waals surface area contributed by atoms with Crippen LogP contribution in [0.3, 0.4) is 0 Å². The summed E-state index contributed by atoms with van der Waals surface area (Å²) in [4.78, 5) is 11.7. The van der Waals surface area contributed by atoms with E-state index in [0.29, 0.717) is 13.0 Å². The molecule has 0 saturated heterocycles. The second-order valence-electron chi connectivity index (χ2n) is 5.17. The van der Waals surface area contributed by atoms with Crippen molar-refractivity contribution in [2.75, 3.05) is 13.2 Å². The van der Waals surface area contributed by atoms with E-state index in [1.807, 2.05) is 0 Å². The summed E-state index contributed by atoms with van der Waals surface area (Å²) in [6, 6.07) is 6.42. The molecule has 1 aliphatic carbocycles. The molecule has 0 radical (unpaired) electrons. The van der Waals surface area contributed by atoms with E-state index in [0.717, 1.165) is 18.4 Å². The van der Waals surface area contributed by atoms with Gasteiger partial charge >= 0.3 is 0 Å². The highest BCUT2D eigenvalue weighted by atomic mass is 32.2. The van der Waals surface area contributed by atoms with Crippen LogP contribution in [0.4, 0.5) is 0 Å². The number of aliphatic hydroxyl groups is 1. The highest BCUT2D eigenvalue weighted by Crippen LogP contribution is 2.22. The first-order valence-corrected chi connectivity index (χ1v) is 8.69. The number of carbonyl (C=O) groups is 1. The van der Waals surface area contributed by atoms with Crippen molar-refractivity contribution < 1.29 is 18.3 Å². The van der Waals surface area contributed by atoms with Crippen LogP contribution >= 0.6 is 0 Å². The van der Waals surface area contributed by atoms with Crippen LogP contribution in [-0.2, 0) is 14.8 Å². The van der Waals surface area contributed by atoms with Crippen LogP contribution in [0.15, 0.2) is 35.2 Å². The molecule has 7 heteroatoms. The molecule has 0 unspecified atom stereocenters. The summed E-state index contributed by atoms with van der Waals surface area (Å²) in [6.07, 6.45) is 5.29. The summed E-state index contributed by atoms with van der Waals surface area (Å²) >= 11 is 0. The van der Waals surface area contributed by atoms with Crippen molar-refractivity contribution in [3.63, 3.8) is 0 Å². The third-order valence-electron chi connectivity index (χ3n) is 3.15. The van der Waals surface area contributed by atoms with Crippen molar-refractivity contribution in [1.29, 1.82) is 0 Å². The molecule has 1 aromatic rings. The zero-order chi connectivity index (χ0) is 16.0. The van der Waals surface area contributed by atoms with Gasteiger partial charge in [0.25, 0.3) is 0 Å². The average molecular weight is 324 g/mol. The largest absolute Gasteiger partial charge is 0.396 e. The molecule has 0 bridgehead atoms. The summed E-state index contributed by atoms with van der Waals surface area (Å²) in [6.45, 7) is 0.457. The lowest BCUT2D eigenvalue weighted by Crippen LogP contribution is -2.25. The van der Waals surface area contributed by atoms with E-state index in [4.69, 9.17) is 5.11 Å². The van der Waals surface area contributed by atoms with Crippen LogP contribution in [0.1, 0.15) is 24.8 Å². The fraction of sp³-hybridized carbons (Fsp3) is 0.400. The lowest BCUT2D eigenvalue weighted by atomic mass is 10.2. The molecule has 1 saturated carbocycles. The topological polar surface area (TPSA) is 95.5 Å². The Morgan fingerprint density at radius 2 is 1.95 bits per heavy atom. The molecule has 3 N–H and O–H groups in total. The molecule has 22 heavy (non-hydrogen) atoms. The summed E-state index contributed by atoms with van der Waals surface area (Å²) < 4.78 is 26.6. The van der Waals surface area contributed by atoms with E-state index in [2.05, 4.69) is 10.0 Å². The van der Waals surface area contributed by atoms with Crippen molar-refractivity contribution in [2.45, 2.75) is 30.2 Å². The molecular weight excluding hydrogens is 304 g/mol. The molecule has 1 amide bonds. The van der Waals surface area contributed by atoms with Gasteiger partial charge < -0.3 is 10.4 Å². The van der Waals surface area contributed by atoms with Gasteiger partial charge in [-0.2, -0.15) is 0 Å². The fourth-order valence-corrected chi connectivity index (χ4v) is 3.07. The van der Waals surface area contributed by atoms with Crippen molar-refractivity contribution in [3.8, 4) is 0 Å². The Balaban J connectivity index is 1.92. The lowest BCUT2D eigenvalue weighted by Gasteiger charge is -2.05.